The summed E-state index contributed by atoms with van der Waals surface area (Å²) in [5.41, 5.74) is 0.788. The molecule has 1 aromatic heterocycles. The van der Waals surface area contributed by atoms with Gasteiger partial charge in [-0.3, -0.25) is 14.9 Å². The Balaban J connectivity index is 2.39. The Labute approximate surface area is 108 Å². The number of carbonyl (C=O) groups excluding carboxylic acids is 1. The molecule has 0 radical (unpaired) electrons. The third kappa shape index (κ3) is 2.44. The van der Waals surface area contributed by atoms with Crippen LogP contribution in [-0.2, 0) is 7.05 Å². The highest BCUT2D eigenvalue weighted by atomic mass is 16.6. The number of benzene rings is 1. The van der Waals surface area contributed by atoms with Crippen LogP contribution in [0.3, 0.4) is 0 Å². The van der Waals surface area contributed by atoms with E-state index in [1.54, 1.807) is 20.0 Å². The molecular formula is C12H11N3O4. The average Bonchev–Trinajstić information content (AvgIpc) is 2.64. The molecule has 0 amide bonds. The number of hydrogen-bond acceptors (Lipinski definition) is 5. The quantitative estimate of drug-likeness (QED) is 0.478. The summed E-state index contributed by atoms with van der Waals surface area (Å²) in [6, 6.07) is 5.74. The fraction of sp³-hybridized carbons (Fsp3) is 0.167. The molecule has 2 rings (SSSR count). The summed E-state index contributed by atoms with van der Waals surface area (Å²) in [4.78, 5) is 21.1. The normalized spacial score (nSPS) is 10.2. The number of nitro benzene ring substituents is 1. The summed E-state index contributed by atoms with van der Waals surface area (Å²) >= 11 is 0. The zero-order valence-electron chi connectivity index (χ0n) is 10.4. The van der Waals surface area contributed by atoms with E-state index in [0.717, 1.165) is 0 Å². The van der Waals surface area contributed by atoms with Gasteiger partial charge >= 0.3 is 0 Å². The SMILES string of the molecule is Cc1nn(C)c(Oc2cccc([N+](=O)[O-])c2)c1C=O. The summed E-state index contributed by atoms with van der Waals surface area (Å²) in [5.74, 6) is 0.535. The smallest absolute Gasteiger partial charge is 0.273 e. The van der Waals surface area contributed by atoms with Crippen LogP contribution in [0.25, 0.3) is 0 Å². The number of aldehydes is 1. The Morgan fingerprint density at radius 2 is 2.21 bits per heavy atom. The van der Waals surface area contributed by atoms with Crippen molar-refractivity contribution in [2.45, 2.75) is 6.92 Å². The number of aryl methyl sites for hydroxylation is 2. The summed E-state index contributed by atoms with van der Waals surface area (Å²) < 4.78 is 6.92. The van der Waals surface area contributed by atoms with Gasteiger partial charge in [0.1, 0.15) is 5.75 Å². The number of non-ortho nitro benzene ring substituents is 1. The van der Waals surface area contributed by atoms with Gasteiger partial charge in [-0.05, 0) is 13.0 Å². The van der Waals surface area contributed by atoms with E-state index in [1.807, 2.05) is 0 Å². The molecule has 0 saturated carbocycles. The predicted molar refractivity (Wildman–Crippen MR) is 66.5 cm³/mol. The molecular weight excluding hydrogens is 250 g/mol. The number of aromatic nitrogens is 2. The summed E-state index contributed by atoms with van der Waals surface area (Å²) in [7, 11) is 1.63. The molecule has 7 heteroatoms. The second-order valence-electron chi connectivity index (χ2n) is 3.90. The van der Waals surface area contributed by atoms with E-state index in [-0.39, 0.29) is 17.3 Å². The molecule has 1 heterocycles. The van der Waals surface area contributed by atoms with Crippen molar-refractivity contribution in [3.05, 3.63) is 45.6 Å². The van der Waals surface area contributed by atoms with Gasteiger partial charge in [0.15, 0.2) is 6.29 Å². The molecule has 1 aromatic carbocycles. The first-order chi connectivity index (χ1) is 9.02. The molecule has 0 N–H and O–H groups in total. The van der Waals surface area contributed by atoms with Gasteiger partial charge in [0.25, 0.3) is 5.69 Å². The van der Waals surface area contributed by atoms with Crippen molar-refractivity contribution in [2.75, 3.05) is 0 Å². The average molecular weight is 261 g/mol. The molecule has 0 bridgehead atoms. The number of nitrogens with zero attached hydrogens (tertiary/aromatic N) is 3. The molecule has 0 aliphatic heterocycles. The van der Waals surface area contributed by atoms with Gasteiger partial charge in [0.05, 0.1) is 22.2 Å². The number of carbonyl (C=O) groups is 1. The zero-order valence-corrected chi connectivity index (χ0v) is 10.4. The largest absolute Gasteiger partial charge is 0.438 e. The van der Waals surface area contributed by atoms with Crippen molar-refractivity contribution in [1.82, 2.24) is 9.78 Å². The van der Waals surface area contributed by atoms with E-state index in [2.05, 4.69) is 5.10 Å². The molecule has 19 heavy (non-hydrogen) atoms. The Kier molecular flexibility index (Phi) is 3.28. The van der Waals surface area contributed by atoms with E-state index >= 15 is 0 Å². The predicted octanol–water partition coefficient (Wildman–Crippen LogP) is 2.24. The standard InChI is InChI=1S/C12H11N3O4/c1-8-11(7-16)12(14(2)13-8)19-10-5-3-4-9(6-10)15(17)18/h3-7H,1-2H3. The molecule has 0 fully saturated rings. The van der Waals surface area contributed by atoms with Crippen LogP contribution in [-0.4, -0.2) is 21.0 Å². The van der Waals surface area contributed by atoms with E-state index < -0.39 is 4.92 Å². The minimum Gasteiger partial charge on any atom is -0.438 e. The highest BCUT2D eigenvalue weighted by Gasteiger charge is 2.16. The van der Waals surface area contributed by atoms with E-state index in [4.69, 9.17) is 4.74 Å². The summed E-state index contributed by atoms with van der Waals surface area (Å²) in [6.45, 7) is 1.68. The topological polar surface area (TPSA) is 87.3 Å². The maximum Gasteiger partial charge on any atom is 0.273 e. The summed E-state index contributed by atoms with van der Waals surface area (Å²) in [6.07, 6.45) is 0.648. The number of nitro groups is 1. The third-order valence-corrected chi connectivity index (χ3v) is 2.57. The van der Waals surface area contributed by atoms with Crippen molar-refractivity contribution in [2.24, 2.45) is 7.05 Å². The lowest BCUT2D eigenvalue weighted by atomic mass is 10.3. The molecule has 0 spiro atoms. The van der Waals surface area contributed by atoms with Crippen LogP contribution in [0.15, 0.2) is 24.3 Å². The highest BCUT2D eigenvalue weighted by Crippen LogP contribution is 2.28. The van der Waals surface area contributed by atoms with Gasteiger partial charge in [-0.25, -0.2) is 4.68 Å². The van der Waals surface area contributed by atoms with E-state index in [1.165, 1.54) is 22.9 Å². The van der Waals surface area contributed by atoms with E-state index in [9.17, 15) is 14.9 Å². The molecule has 7 nitrogen and oxygen atoms in total. The van der Waals surface area contributed by atoms with E-state index in [0.29, 0.717) is 17.5 Å². The molecule has 98 valence electrons. The first-order valence-electron chi connectivity index (χ1n) is 5.44. The Morgan fingerprint density at radius 1 is 1.47 bits per heavy atom. The Hall–Kier alpha value is -2.70. The van der Waals surface area contributed by atoms with Crippen molar-refractivity contribution in [3.8, 4) is 11.6 Å². The molecule has 0 unspecified atom stereocenters. The lowest BCUT2D eigenvalue weighted by molar-refractivity contribution is -0.384. The second-order valence-corrected chi connectivity index (χ2v) is 3.90. The minimum atomic E-state index is -0.512. The van der Waals surface area contributed by atoms with Crippen LogP contribution < -0.4 is 4.74 Å². The van der Waals surface area contributed by atoms with Gasteiger partial charge in [-0.1, -0.05) is 6.07 Å². The molecule has 0 aliphatic rings. The Morgan fingerprint density at radius 3 is 2.84 bits per heavy atom. The zero-order chi connectivity index (χ0) is 14.0. The van der Waals surface area contributed by atoms with Crippen molar-refractivity contribution < 1.29 is 14.5 Å². The fourth-order valence-corrected chi connectivity index (χ4v) is 1.68. The monoisotopic (exact) mass is 261 g/mol. The fourth-order valence-electron chi connectivity index (χ4n) is 1.68. The molecule has 2 aromatic rings. The molecule has 0 saturated heterocycles. The Bertz CT molecular complexity index is 648. The number of ether oxygens (including phenoxy) is 1. The molecule has 0 atom stereocenters. The van der Waals surface area contributed by atoms with Gasteiger partial charge in [0, 0.05) is 13.1 Å². The van der Waals surface area contributed by atoms with Crippen LogP contribution in [0.4, 0.5) is 5.69 Å². The van der Waals surface area contributed by atoms with Gasteiger partial charge < -0.3 is 4.74 Å². The minimum absolute atomic E-state index is 0.0796. The number of rotatable bonds is 4. The van der Waals surface area contributed by atoms with Crippen LogP contribution in [0, 0.1) is 17.0 Å². The van der Waals surface area contributed by atoms with Gasteiger partial charge in [0.2, 0.25) is 5.88 Å². The second kappa shape index (κ2) is 4.89. The van der Waals surface area contributed by atoms with Gasteiger partial charge in [-0.15, -0.1) is 0 Å². The lowest BCUT2D eigenvalue weighted by Crippen LogP contribution is -1.97. The highest BCUT2D eigenvalue weighted by molar-refractivity contribution is 5.80. The van der Waals surface area contributed by atoms with Crippen LogP contribution >= 0.6 is 0 Å². The first kappa shape index (κ1) is 12.7. The molecule has 0 aliphatic carbocycles. The maximum absolute atomic E-state index is 11.0. The van der Waals surface area contributed by atoms with Crippen molar-refractivity contribution in [1.29, 1.82) is 0 Å². The number of hydrogen-bond donors (Lipinski definition) is 0. The van der Waals surface area contributed by atoms with Gasteiger partial charge in [-0.2, -0.15) is 5.10 Å². The third-order valence-electron chi connectivity index (χ3n) is 2.57. The lowest BCUT2D eigenvalue weighted by Gasteiger charge is -2.06. The van der Waals surface area contributed by atoms with Crippen LogP contribution in [0.1, 0.15) is 16.1 Å². The van der Waals surface area contributed by atoms with Crippen molar-refractivity contribution in [3.63, 3.8) is 0 Å². The van der Waals surface area contributed by atoms with Crippen molar-refractivity contribution >= 4 is 12.0 Å². The maximum atomic E-state index is 11.0. The summed E-state index contributed by atoms with van der Waals surface area (Å²) in [5, 5.41) is 14.7. The van der Waals surface area contributed by atoms with Crippen LogP contribution in [0.5, 0.6) is 11.6 Å². The van der Waals surface area contributed by atoms with Crippen LogP contribution in [0.2, 0.25) is 0 Å². The first-order valence-corrected chi connectivity index (χ1v) is 5.44.